The second-order valence-electron chi connectivity index (χ2n) is 27.8. The molecule has 105 heavy (non-hydrogen) atoms. The number of benzene rings is 21. The van der Waals surface area contributed by atoms with Crippen LogP contribution in [0.25, 0.3) is 152 Å². The van der Waals surface area contributed by atoms with Crippen molar-refractivity contribution in [3.63, 3.8) is 0 Å². The number of hydrogen-bond donors (Lipinski definition) is 0. The first kappa shape index (κ1) is 60.0. The van der Waals surface area contributed by atoms with Gasteiger partial charge < -0.3 is 14.7 Å². The van der Waals surface area contributed by atoms with E-state index in [1.807, 2.05) is 0 Å². The molecule has 0 saturated heterocycles. The van der Waals surface area contributed by atoms with E-state index >= 15 is 0 Å². The number of para-hydroxylation sites is 1. The van der Waals surface area contributed by atoms with Crippen LogP contribution in [0.2, 0.25) is 0 Å². The molecule has 3 nitrogen and oxygen atoms in total. The molecule has 0 bridgehead atoms. The molecule has 0 amide bonds. The minimum atomic E-state index is 1.07. The van der Waals surface area contributed by atoms with Gasteiger partial charge in [0.05, 0.1) is 28.4 Å². The molecule has 0 spiro atoms. The van der Waals surface area contributed by atoms with Crippen molar-refractivity contribution in [3.8, 4) is 22.3 Å². The molecule has 3 heteroatoms. The molecule has 0 aliphatic rings. The summed E-state index contributed by atoms with van der Waals surface area (Å²) in [6, 6.07) is 147. The summed E-state index contributed by atoms with van der Waals surface area (Å²) in [5.41, 5.74) is 14.7. The maximum atomic E-state index is 2.53. The van der Waals surface area contributed by atoms with E-state index in [1.165, 1.54) is 130 Å². The summed E-state index contributed by atoms with van der Waals surface area (Å²) < 4.78 is 0. The van der Waals surface area contributed by atoms with Crippen molar-refractivity contribution in [1.29, 1.82) is 0 Å². The quantitative estimate of drug-likeness (QED) is 0.120. The molecular weight excluding hydrogens is 1270 g/mol. The Balaban J connectivity index is 0.712. The van der Waals surface area contributed by atoms with Gasteiger partial charge in [0.25, 0.3) is 0 Å². The second kappa shape index (κ2) is 24.5. The minimum Gasteiger partial charge on any atom is -0.310 e. The lowest BCUT2D eigenvalue weighted by Crippen LogP contribution is -2.11. The van der Waals surface area contributed by atoms with Crippen LogP contribution in [-0.2, 0) is 0 Å². The van der Waals surface area contributed by atoms with Crippen molar-refractivity contribution in [2.45, 2.75) is 0 Å². The lowest BCUT2D eigenvalue weighted by atomic mass is 9.89. The normalized spacial score (nSPS) is 11.8. The van der Waals surface area contributed by atoms with Gasteiger partial charge in [-0.3, -0.25) is 0 Å². The highest BCUT2D eigenvalue weighted by Crippen LogP contribution is 2.52. The van der Waals surface area contributed by atoms with Gasteiger partial charge in [-0.05, 0) is 203 Å². The van der Waals surface area contributed by atoms with Crippen LogP contribution in [0.1, 0.15) is 0 Å². The summed E-state index contributed by atoms with van der Waals surface area (Å²) in [6.07, 6.45) is 0. The standard InChI is InChI=1S/C102H65N3/c1-2-32-74(33-3-1)103(97-61-69-25-4-8-34-79(69)85-38-12-16-42-90(85)97)76-55-57-83-67(59-76)29-22-48-78(83)66-51-53-75(54-52-66)104(98-62-70-26-5-9-35-80(70)86-39-13-17-43-91(86)98)101-65-73-31-24-50-95(102(73)96-47-21-20-46-94(96)101)89-49-23-30-68-60-77(56-58-84(68)89)105(99-63-71-27-6-10-36-81(71)87-40-14-18-44-92(87)99)100-64-72-28-7-11-37-82(72)88-41-15-19-45-93(88)100/h1-65H. The van der Waals surface area contributed by atoms with Crippen molar-refractivity contribution < 1.29 is 0 Å². The molecule has 0 heterocycles. The second-order valence-corrected chi connectivity index (χ2v) is 27.8. The number of rotatable bonds is 11. The third-order valence-electron chi connectivity index (χ3n) is 22.0. The van der Waals surface area contributed by atoms with E-state index in [4.69, 9.17) is 0 Å². The Morgan fingerprint density at radius 2 is 0.410 bits per heavy atom. The molecule has 0 radical (unpaired) electrons. The van der Waals surface area contributed by atoms with Gasteiger partial charge in [0.2, 0.25) is 0 Å². The number of anilines is 9. The predicted octanol–water partition coefficient (Wildman–Crippen LogP) is 29.3. The van der Waals surface area contributed by atoms with Crippen molar-refractivity contribution in [2.75, 3.05) is 14.7 Å². The molecule has 0 aromatic heterocycles. The van der Waals surface area contributed by atoms with E-state index in [9.17, 15) is 0 Å². The first-order valence-corrected chi connectivity index (χ1v) is 36.3. The van der Waals surface area contributed by atoms with Gasteiger partial charge in [0.15, 0.2) is 0 Å². The van der Waals surface area contributed by atoms with Gasteiger partial charge in [0.1, 0.15) is 0 Å². The average molecular weight is 1330 g/mol. The molecule has 0 aliphatic heterocycles. The Morgan fingerprint density at radius 3 is 0.857 bits per heavy atom. The Hall–Kier alpha value is -13.9. The van der Waals surface area contributed by atoms with Crippen LogP contribution in [0, 0.1) is 0 Å². The zero-order valence-electron chi connectivity index (χ0n) is 57.4. The SMILES string of the molecule is c1ccc(N(c2ccc3c(-c4ccc(N(c5cc6ccccc6c6ccccc56)c5cc6cccc(-c7cccc8cc(N(c9cc%10ccccc%10c%10ccccc9%10)c9cc%10ccccc%10c%10ccccc9%10)ccc78)c6c6ccccc56)cc4)cccc3c2)c2cc3ccccc3c3ccccc23)cc1. The molecule has 0 aliphatic carbocycles. The lowest BCUT2D eigenvalue weighted by Gasteiger charge is -2.30. The van der Waals surface area contributed by atoms with E-state index in [-0.39, 0.29) is 0 Å². The number of nitrogens with zero attached hydrogens (tertiary/aromatic N) is 3. The maximum absolute atomic E-state index is 2.53. The Bertz CT molecular complexity index is 7000. The van der Waals surface area contributed by atoms with E-state index in [1.54, 1.807) is 0 Å². The van der Waals surface area contributed by atoms with Gasteiger partial charge in [0, 0.05) is 49.7 Å². The highest BCUT2D eigenvalue weighted by Gasteiger charge is 2.26. The fourth-order valence-electron chi connectivity index (χ4n) is 17.3. The van der Waals surface area contributed by atoms with Gasteiger partial charge in [-0.25, -0.2) is 0 Å². The van der Waals surface area contributed by atoms with Crippen molar-refractivity contribution in [2.24, 2.45) is 0 Å². The third-order valence-corrected chi connectivity index (χ3v) is 22.0. The predicted molar refractivity (Wildman–Crippen MR) is 451 cm³/mol. The topological polar surface area (TPSA) is 9.72 Å². The molecule has 0 atom stereocenters. The molecule has 0 unspecified atom stereocenters. The van der Waals surface area contributed by atoms with Crippen molar-refractivity contribution in [1.82, 2.24) is 0 Å². The molecule has 21 rings (SSSR count). The van der Waals surface area contributed by atoms with E-state index in [0.717, 1.165) is 72.9 Å². The van der Waals surface area contributed by atoms with Crippen molar-refractivity contribution in [3.05, 3.63) is 394 Å². The smallest absolute Gasteiger partial charge is 0.0546 e. The van der Waals surface area contributed by atoms with Crippen LogP contribution >= 0.6 is 0 Å². The summed E-state index contributed by atoms with van der Waals surface area (Å²) >= 11 is 0. The fourth-order valence-corrected chi connectivity index (χ4v) is 17.3. The Labute approximate surface area is 607 Å². The lowest BCUT2D eigenvalue weighted by molar-refractivity contribution is 1.31. The molecule has 488 valence electrons. The number of fused-ring (bicyclic) bond motifs is 17. The largest absolute Gasteiger partial charge is 0.310 e. The van der Waals surface area contributed by atoms with Crippen LogP contribution in [0.15, 0.2) is 394 Å². The molecule has 21 aromatic rings. The van der Waals surface area contributed by atoms with Crippen LogP contribution in [-0.4, -0.2) is 0 Å². The zero-order valence-corrected chi connectivity index (χ0v) is 57.4. The molecule has 0 fully saturated rings. The fraction of sp³-hybridized carbons (Fsp3) is 0. The van der Waals surface area contributed by atoms with Gasteiger partial charge in [-0.2, -0.15) is 0 Å². The first-order valence-electron chi connectivity index (χ1n) is 36.3. The summed E-state index contributed by atoms with van der Waals surface area (Å²) in [5, 5.41) is 28.9. The summed E-state index contributed by atoms with van der Waals surface area (Å²) in [7, 11) is 0. The Kier molecular flexibility index (Phi) is 14.0. The summed E-state index contributed by atoms with van der Waals surface area (Å²) in [6.45, 7) is 0. The van der Waals surface area contributed by atoms with E-state index in [0.29, 0.717) is 0 Å². The van der Waals surface area contributed by atoms with Crippen molar-refractivity contribution >= 4 is 180 Å². The third kappa shape index (κ3) is 9.81. The van der Waals surface area contributed by atoms with E-state index in [2.05, 4.69) is 409 Å². The Morgan fingerprint density at radius 1 is 0.133 bits per heavy atom. The first-order chi connectivity index (χ1) is 52.1. The summed E-state index contributed by atoms with van der Waals surface area (Å²) in [5.74, 6) is 0. The summed E-state index contributed by atoms with van der Waals surface area (Å²) in [4.78, 5) is 7.47. The molecule has 0 saturated carbocycles. The minimum absolute atomic E-state index is 1.07. The van der Waals surface area contributed by atoms with Gasteiger partial charge in [-0.15, -0.1) is 0 Å². The van der Waals surface area contributed by atoms with Crippen LogP contribution in [0.5, 0.6) is 0 Å². The van der Waals surface area contributed by atoms with Crippen LogP contribution < -0.4 is 14.7 Å². The van der Waals surface area contributed by atoms with Crippen LogP contribution in [0.3, 0.4) is 0 Å². The molecule has 0 N–H and O–H groups in total. The monoisotopic (exact) mass is 1330 g/mol. The molecular formula is C102H65N3. The molecule has 21 aromatic carbocycles. The highest BCUT2D eigenvalue weighted by atomic mass is 15.2. The van der Waals surface area contributed by atoms with E-state index < -0.39 is 0 Å². The zero-order chi connectivity index (χ0) is 69.1. The number of hydrogen-bond acceptors (Lipinski definition) is 3. The van der Waals surface area contributed by atoms with Gasteiger partial charge >= 0.3 is 0 Å². The maximum Gasteiger partial charge on any atom is 0.0546 e. The average Bonchev–Trinajstić information content (AvgIpc) is 0.733. The highest BCUT2D eigenvalue weighted by molar-refractivity contribution is 6.24. The van der Waals surface area contributed by atoms with Crippen LogP contribution in [0.4, 0.5) is 51.2 Å². The van der Waals surface area contributed by atoms with Gasteiger partial charge in [-0.1, -0.05) is 315 Å².